The van der Waals surface area contributed by atoms with Crippen molar-refractivity contribution >= 4 is 5.97 Å². The van der Waals surface area contributed by atoms with Gasteiger partial charge >= 0.3 is 5.97 Å². The molecule has 0 radical (unpaired) electrons. The molecule has 19 heavy (non-hydrogen) atoms. The summed E-state index contributed by atoms with van der Waals surface area (Å²) in [5.74, 6) is -0.707. The molecule has 0 spiro atoms. The average molecular weight is 268 g/mol. The standard InChI is InChI=1S/C15H28N2O2/c1-12(17-9-5-3-4-6-10-17)11-15(2,14(18)19)16-13-7-8-13/h12-13,16H,3-11H2,1-2H3,(H,18,19). The Bertz CT molecular complexity index is 309. The lowest BCUT2D eigenvalue weighted by molar-refractivity contribution is -0.145. The number of hydrogen-bond acceptors (Lipinski definition) is 3. The molecule has 0 bridgehead atoms. The number of carboxylic acids is 1. The summed E-state index contributed by atoms with van der Waals surface area (Å²) in [5.41, 5.74) is -0.771. The van der Waals surface area contributed by atoms with Crippen LogP contribution in [0.5, 0.6) is 0 Å². The van der Waals surface area contributed by atoms with Gasteiger partial charge in [-0.3, -0.25) is 10.1 Å². The Hall–Kier alpha value is -0.610. The number of nitrogens with zero attached hydrogens (tertiary/aromatic N) is 1. The molecule has 2 unspecified atom stereocenters. The van der Waals surface area contributed by atoms with Crippen LogP contribution in [0.4, 0.5) is 0 Å². The smallest absolute Gasteiger partial charge is 0.323 e. The Labute approximate surface area is 116 Å². The van der Waals surface area contributed by atoms with Gasteiger partial charge in [-0.1, -0.05) is 12.8 Å². The molecule has 1 aliphatic carbocycles. The molecular weight excluding hydrogens is 240 g/mol. The summed E-state index contributed by atoms with van der Waals surface area (Å²) >= 11 is 0. The minimum atomic E-state index is -0.771. The first-order valence-electron chi connectivity index (χ1n) is 7.76. The van der Waals surface area contributed by atoms with E-state index in [1.807, 2.05) is 6.92 Å². The van der Waals surface area contributed by atoms with Gasteiger partial charge in [0, 0.05) is 12.1 Å². The van der Waals surface area contributed by atoms with E-state index < -0.39 is 11.5 Å². The Morgan fingerprint density at radius 1 is 1.32 bits per heavy atom. The van der Waals surface area contributed by atoms with Crippen molar-refractivity contribution in [3.8, 4) is 0 Å². The quantitative estimate of drug-likeness (QED) is 0.775. The minimum Gasteiger partial charge on any atom is -0.480 e. The largest absolute Gasteiger partial charge is 0.480 e. The molecule has 1 aliphatic heterocycles. The number of carbonyl (C=O) groups is 1. The highest BCUT2D eigenvalue weighted by Gasteiger charge is 2.40. The van der Waals surface area contributed by atoms with Gasteiger partial charge < -0.3 is 10.0 Å². The summed E-state index contributed by atoms with van der Waals surface area (Å²) in [6.07, 6.45) is 8.09. The molecular formula is C15H28N2O2. The summed E-state index contributed by atoms with van der Waals surface area (Å²) in [7, 11) is 0. The zero-order valence-corrected chi connectivity index (χ0v) is 12.3. The Morgan fingerprint density at radius 3 is 2.37 bits per heavy atom. The summed E-state index contributed by atoms with van der Waals surface area (Å²) in [5, 5.41) is 12.9. The number of carboxylic acid groups (broad SMARTS) is 1. The van der Waals surface area contributed by atoms with Crippen LogP contribution in [0.25, 0.3) is 0 Å². The fourth-order valence-corrected chi connectivity index (χ4v) is 3.14. The predicted molar refractivity (Wildman–Crippen MR) is 76.3 cm³/mol. The van der Waals surface area contributed by atoms with Gasteiger partial charge in [0.15, 0.2) is 0 Å². The van der Waals surface area contributed by atoms with Crippen molar-refractivity contribution in [3.63, 3.8) is 0 Å². The molecule has 2 N–H and O–H groups in total. The first-order valence-corrected chi connectivity index (χ1v) is 7.76. The van der Waals surface area contributed by atoms with Crippen molar-refractivity contribution in [1.29, 1.82) is 0 Å². The molecule has 110 valence electrons. The van der Waals surface area contributed by atoms with E-state index in [4.69, 9.17) is 0 Å². The lowest BCUT2D eigenvalue weighted by Crippen LogP contribution is -2.54. The molecule has 4 heteroatoms. The van der Waals surface area contributed by atoms with Crippen LogP contribution in [-0.4, -0.2) is 46.7 Å². The maximum Gasteiger partial charge on any atom is 0.323 e. The van der Waals surface area contributed by atoms with Crippen molar-refractivity contribution < 1.29 is 9.90 Å². The molecule has 2 fully saturated rings. The third kappa shape index (κ3) is 4.18. The van der Waals surface area contributed by atoms with Gasteiger partial charge in [-0.25, -0.2) is 0 Å². The fourth-order valence-electron chi connectivity index (χ4n) is 3.14. The van der Waals surface area contributed by atoms with E-state index in [1.54, 1.807) is 0 Å². The number of hydrogen-bond donors (Lipinski definition) is 2. The summed E-state index contributed by atoms with van der Waals surface area (Å²) < 4.78 is 0. The van der Waals surface area contributed by atoms with E-state index in [0.717, 1.165) is 25.9 Å². The lowest BCUT2D eigenvalue weighted by Gasteiger charge is -2.35. The molecule has 0 aromatic carbocycles. The highest BCUT2D eigenvalue weighted by atomic mass is 16.4. The van der Waals surface area contributed by atoms with Gasteiger partial charge in [-0.15, -0.1) is 0 Å². The van der Waals surface area contributed by atoms with E-state index in [-0.39, 0.29) is 0 Å². The molecule has 0 amide bonds. The monoisotopic (exact) mass is 268 g/mol. The van der Waals surface area contributed by atoms with Crippen molar-refractivity contribution in [2.24, 2.45) is 0 Å². The second-order valence-electron chi connectivity index (χ2n) is 6.56. The van der Waals surface area contributed by atoms with Crippen molar-refractivity contribution in [1.82, 2.24) is 10.2 Å². The molecule has 1 saturated carbocycles. The highest BCUT2D eigenvalue weighted by Crippen LogP contribution is 2.26. The van der Waals surface area contributed by atoms with Crippen molar-refractivity contribution in [2.45, 2.75) is 76.4 Å². The van der Waals surface area contributed by atoms with E-state index in [0.29, 0.717) is 18.5 Å². The maximum atomic E-state index is 11.6. The molecule has 0 aromatic heterocycles. The molecule has 2 rings (SSSR count). The molecule has 2 atom stereocenters. The average Bonchev–Trinajstić information content (AvgIpc) is 3.14. The first kappa shape index (κ1) is 14.8. The van der Waals surface area contributed by atoms with E-state index in [9.17, 15) is 9.90 Å². The third-order valence-corrected chi connectivity index (χ3v) is 4.54. The zero-order valence-electron chi connectivity index (χ0n) is 12.3. The van der Waals surface area contributed by atoms with Crippen LogP contribution >= 0.6 is 0 Å². The SMILES string of the molecule is CC(CC(C)(NC1CC1)C(=O)O)N1CCCCCC1. The van der Waals surface area contributed by atoms with Gasteiger partial charge in [0.1, 0.15) is 5.54 Å². The van der Waals surface area contributed by atoms with Crippen LogP contribution in [0.2, 0.25) is 0 Å². The van der Waals surface area contributed by atoms with Crippen LogP contribution < -0.4 is 5.32 Å². The summed E-state index contributed by atoms with van der Waals surface area (Å²) in [4.78, 5) is 14.1. The highest BCUT2D eigenvalue weighted by molar-refractivity contribution is 5.78. The maximum absolute atomic E-state index is 11.6. The molecule has 1 heterocycles. The van der Waals surface area contributed by atoms with Gasteiger partial charge in [-0.05, 0) is 59.0 Å². The molecule has 1 saturated heterocycles. The first-order chi connectivity index (χ1) is 9.01. The van der Waals surface area contributed by atoms with Crippen LogP contribution in [-0.2, 0) is 4.79 Å². The van der Waals surface area contributed by atoms with Crippen LogP contribution in [0, 0.1) is 0 Å². The van der Waals surface area contributed by atoms with E-state index in [1.165, 1.54) is 25.7 Å². The Kier molecular flexibility index (Phi) is 4.85. The number of nitrogens with one attached hydrogen (secondary N) is 1. The van der Waals surface area contributed by atoms with Gasteiger partial charge in [0.25, 0.3) is 0 Å². The topological polar surface area (TPSA) is 52.6 Å². The molecule has 2 aliphatic rings. The van der Waals surface area contributed by atoms with Crippen molar-refractivity contribution in [2.75, 3.05) is 13.1 Å². The number of rotatable bonds is 6. The Balaban J connectivity index is 1.92. The van der Waals surface area contributed by atoms with Gasteiger partial charge in [0.2, 0.25) is 0 Å². The second kappa shape index (κ2) is 6.23. The lowest BCUT2D eigenvalue weighted by atomic mass is 9.92. The van der Waals surface area contributed by atoms with E-state index in [2.05, 4.69) is 17.1 Å². The predicted octanol–water partition coefficient (Wildman–Crippen LogP) is 2.24. The Morgan fingerprint density at radius 2 is 1.89 bits per heavy atom. The summed E-state index contributed by atoms with van der Waals surface area (Å²) in [6.45, 7) is 6.28. The zero-order chi connectivity index (χ0) is 13.9. The van der Waals surface area contributed by atoms with E-state index >= 15 is 0 Å². The van der Waals surface area contributed by atoms with Gasteiger partial charge in [0.05, 0.1) is 0 Å². The second-order valence-corrected chi connectivity index (χ2v) is 6.56. The van der Waals surface area contributed by atoms with Crippen LogP contribution in [0.3, 0.4) is 0 Å². The number of likely N-dealkylation sites (tertiary alicyclic amines) is 1. The number of aliphatic carboxylic acids is 1. The minimum absolute atomic E-state index is 0.338. The molecule has 0 aromatic rings. The normalized spacial score (nSPS) is 26.4. The third-order valence-electron chi connectivity index (χ3n) is 4.54. The molecule has 4 nitrogen and oxygen atoms in total. The van der Waals surface area contributed by atoms with Crippen LogP contribution in [0.1, 0.15) is 58.8 Å². The van der Waals surface area contributed by atoms with Crippen molar-refractivity contribution in [3.05, 3.63) is 0 Å². The van der Waals surface area contributed by atoms with Gasteiger partial charge in [-0.2, -0.15) is 0 Å². The fraction of sp³-hybridized carbons (Fsp3) is 0.933. The summed E-state index contributed by atoms with van der Waals surface area (Å²) in [6, 6.07) is 0.767. The van der Waals surface area contributed by atoms with Crippen LogP contribution in [0.15, 0.2) is 0 Å².